The summed E-state index contributed by atoms with van der Waals surface area (Å²) in [7, 11) is 0. The topological polar surface area (TPSA) is 398 Å². The molecular weight excluding hydrogens is 2190 g/mol. The lowest BCUT2D eigenvalue weighted by atomic mass is 9.87. The first-order valence-electron chi connectivity index (χ1n) is 48.5. The quantitative estimate of drug-likeness (QED) is 0.0260. The Morgan fingerprint density at radius 2 is 0.784 bits per heavy atom. The van der Waals surface area contributed by atoms with Crippen molar-refractivity contribution in [3.8, 4) is 33.8 Å². The van der Waals surface area contributed by atoms with Crippen molar-refractivity contribution >= 4 is 191 Å². The van der Waals surface area contributed by atoms with Crippen LogP contribution in [-0.4, -0.2) is 124 Å². The van der Waals surface area contributed by atoms with E-state index >= 15 is 0 Å². The molecular formula is C109H121Cl4I2N23O10. The number of fused-ring (bicyclic) bond motifs is 7. The predicted octanol–water partition coefficient (Wildman–Crippen LogP) is 29.8. The van der Waals surface area contributed by atoms with E-state index in [1.807, 2.05) is 126 Å². The molecule has 11 heterocycles. The van der Waals surface area contributed by atoms with Crippen LogP contribution in [0.2, 0.25) is 20.6 Å². The van der Waals surface area contributed by atoms with Crippen LogP contribution in [-0.2, 0) is 29.1 Å². The van der Waals surface area contributed by atoms with Gasteiger partial charge in [-0.05, 0) is 198 Å². The van der Waals surface area contributed by atoms with E-state index < -0.39 is 38.2 Å². The number of ether oxygens (including phenoxy) is 2. The first-order chi connectivity index (χ1) is 70.1. The van der Waals surface area contributed by atoms with Crippen LogP contribution in [0.15, 0.2) is 213 Å². The van der Waals surface area contributed by atoms with Gasteiger partial charge in [0.1, 0.15) is 55.1 Å². The van der Waals surface area contributed by atoms with E-state index in [9.17, 15) is 39.9 Å². The Morgan fingerprint density at radius 3 is 1.18 bits per heavy atom. The Bertz CT molecular complexity index is 7650. The van der Waals surface area contributed by atoms with Crippen LogP contribution in [0.5, 0.6) is 0 Å². The molecule has 774 valence electrons. The molecule has 0 bridgehead atoms. The first-order valence-corrected chi connectivity index (χ1v) is 56.3. The average Bonchev–Trinajstić information content (AvgIpc) is 1.58. The molecule has 19 rings (SSSR count). The molecule has 2 saturated carbocycles. The van der Waals surface area contributed by atoms with Crippen LogP contribution in [0.3, 0.4) is 0 Å². The van der Waals surface area contributed by atoms with Gasteiger partial charge < -0.3 is 25.8 Å². The third kappa shape index (κ3) is 27.2. The fourth-order valence-electron chi connectivity index (χ4n) is 17.7. The Labute approximate surface area is 902 Å². The molecule has 2 aliphatic rings. The van der Waals surface area contributed by atoms with Gasteiger partial charge >= 0.3 is 12.2 Å². The number of carbonyl (C=O) groups excluding carboxylic acids is 2. The Hall–Kier alpha value is -13.1. The second kappa shape index (κ2) is 49.4. The zero-order valence-electron chi connectivity index (χ0n) is 84.5. The maximum atomic E-state index is 14.2. The van der Waals surface area contributed by atoms with E-state index in [0.717, 1.165) is 132 Å². The van der Waals surface area contributed by atoms with Gasteiger partial charge in [0.2, 0.25) is 0 Å². The van der Waals surface area contributed by atoms with E-state index in [1.54, 1.807) is 141 Å². The highest BCUT2D eigenvalue weighted by molar-refractivity contribution is 15.0. The molecule has 0 atom stereocenters. The summed E-state index contributed by atoms with van der Waals surface area (Å²) in [5.74, 6) is 4.94. The minimum Gasteiger partial charge on any atom is -0.443 e. The number of hydrogen-bond acceptors (Lipinski definition) is 24. The lowest BCUT2D eigenvalue weighted by Gasteiger charge is -2.30. The number of halogens is 6. The second-order valence-corrected chi connectivity index (χ2v) is 41.4. The highest BCUT2D eigenvalue weighted by Gasteiger charge is 2.34. The minimum atomic E-state index is -0.760. The number of nitrogens with two attached hydrogens (primary N) is 1. The number of nitro benzene ring substituents is 3. The summed E-state index contributed by atoms with van der Waals surface area (Å²) in [6.07, 6.45) is 20.6. The molecule has 11 aromatic heterocycles. The SMILES string of the molecule is C.CC(C)c1cnn2c(Cl)cc(Cl)nc12.CC(C)c1cnn2c(N(Cc3ccccc3-c3nccc4cc([N+](=O)[O-])ccc34)C(=O)OC(C)(C)C)cc(Cl)nc12.CC(C)c1cnn2c(NCc3ccccc3-c3nccc4cc([N+](=O)[O-])ccc34)cc(Cl)nc12.CC1CCC(N)CC1.CC1CCC(Nc2cc(N(Cc3ccccc3-c3nccc4cc([N+](=O)[O-])ccc34)C(=O)OC(C)(C)C)n3ncc(C(C)C)c3n2)CC1.II. The number of nitrogens with one attached hydrogen (secondary N) is 2. The van der Waals surface area contributed by atoms with Crippen molar-refractivity contribution in [1.29, 1.82) is 0 Å². The van der Waals surface area contributed by atoms with Crippen molar-refractivity contribution in [3.63, 3.8) is 0 Å². The third-order valence-corrected chi connectivity index (χ3v) is 26.2. The average molecular weight is 2310 g/mol. The van der Waals surface area contributed by atoms with E-state index in [0.29, 0.717) is 96.8 Å². The van der Waals surface area contributed by atoms with Crippen LogP contribution in [0.25, 0.3) is 88.7 Å². The van der Waals surface area contributed by atoms with E-state index in [1.165, 1.54) is 54.8 Å². The fraction of sp³-hybridized carbons (Fsp3) is 0.349. The minimum absolute atomic E-state index is 0. The summed E-state index contributed by atoms with van der Waals surface area (Å²) in [5, 5.41) is 65.1. The Morgan fingerprint density at radius 1 is 0.446 bits per heavy atom. The van der Waals surface area contributed by atoms with Crippen molar-refractivity contribution in [2.75, 3.05) is 20.4 Å². The molecule has 2 amide bonds. The number of anilines is 4. The molecule has 0 radical (unpaired) electrons. The summed E-state index contributed by atoms with van der Waals surface area (Å²) in [6, 6.07) is 50.5. The summed E-state index contributed by atoms with van der Waals surface area (Å²) in [5.41, 5.74) is 18.1. The molecule has 0 saturated heterocycles. The van der Waals surface area contributed by atoms with Crippen LogP contribution >= 0.6 is 83.6 Å². The summed E-state index contributed by atoms with van der Waals surface area (Å²) in [6.45, 7) is 32.9. The van der Waals surface area contributed by atoms with Gasteiger partial charge in [-0.1, -0.05) is 196 Å². The monoisotopic (exact) mass is 2310 g/mol. The predicted molar refractivity (Wildman–Crippen MR) is 607 cm³/mol. The standard InChI is InChI=1S/C37H43N7O4.C30H29ClN6O4.C25H21ClN6O2.C9H9Cl2N3.C7H15N.CH4.I2/c1-23(2)31-21-39-43-33(20-32(41-35(31)43)40-27-13-11-24(3)12-14-27)42(36(45)48-37(4,5)6)22-26-9-7-8-10-29(26)34-30-16-15-28(44(46)47)19-25(30)17-18-38-34;1-18(2)24-16-33-36-26(15-25(31)34-28(24)36)35(29(38)41-30(3,4)5)17-20-8-6-7-9-22(20)27-23-11-10-21(37(39)40)14-19(23)12-13-32-27;1-15(2)21-14-29-31-23(12-22(26)30-25(21)31)28-13-17-5-3-4-6-19(17)24-20-8-7-18(32(33)34)11-16(20)9-10-27-24;1-5(2)6-4-12-14-8(11)3-7(10)13-9(6)14;1-6-2-4-7(8)5-3-6;;1-2/h7-10,15-21,23-24,27H,11-14,22H2,1-6H3,(H,40,41);6-16,18H,17H2,1-5H3;3-12,14-15,28H,13H2,1-2H3;3-5H,1-2H3;6-7H,2-5,8H2,1H3;1H4;. The van der Waals surface area contributed by atoms with Gasteiger partial charge in [-0.3, -0.25) is 55.1 Å². The van der Waals surface area contributed by atoms with Crippen LogP contribution in [0.4, 0.5) is 49.9 Å². The summed E-state index contributed by atoms with van der Waals surface area (Å²) >= 11 is 28.8. The maximum absolute atomic E-state index is 14.2. The lowest BCUT2D eigenvalue weighted by Crippen LogP contribution is -2.38. The molecule has 39 heteroatoms. The molecule has 2 fully saturated rings. The highest BCUT2D eigenvalue weighted by atomic mass is 128. The van der Waals surface area contributed by atoms with Gasteiger partial charge in [0.25, 0.3) is 17.1 Å². The van der Waals surface area contributed by atoms with Crippen molar-refractivity contribution in [3.05, 3.63) is 303 Å². The van der Waals surface area contributed by atoms with Crippen LogP contribution < -0.4 is 26.2 Å². The molecule has 0 spiro atoms. The third-order valence-electron chi connectivity index (χ3n) is 25.3. The molecule has 33 nitrogen and oxygen atoms in total. The van der Waals surface area contributed by atoms with Gasteiger partial charge in [0, 0.05) is 190 Å². The van der Waals surface area contributed by atoms with Crippen LogP contribution in [0.1, 0.15) is 232 Å². The molecule has 0 unspecified atom stereocenters. The van der Waals surface area contributed by atoms with Crippen molar-refractivity contribution in [1.82, 2.24) is 73.3 Å². The number of aromatic nitrogens is 15. The fourth-order valence-corrected chi connectivity index (χ4v) is 18.5. The smallest absolute Gasteiger partial charge is 0.416 e. The Kier molecular flexibility index (Phi) is 37.4. The number of amides is 2. The van der Waals surface area contributed by atoms with Crippen molar-refractivity contribution in [2.24, 2.45) is 17.6 Å². The van der Waals surface area contributed by atoms with Gasteiger partial charge in [0.15, 0.2) is 22.6 Å². The van der Waals surface area contributed by atoms with Crippen molar-refractivity contribution in [2.45, 2.75) is 236 Å². The maximum Gasteiger partial charge on any atom is 0.416 e. The summed E-state index contributed by atoms with van der Waals surface area (Å²) in [4.78, 5) is 95.9. The number of benzene rings is 6. The zero-order chi connectivity index (χ0) is 106. The Balaban J connectivity index is 0.000000167. The van der Waals surface area contributed by atoms with Gasteiger partial charge in [-0.25, -0.2) is 34.0 Å². The number of hydrogen-bond donors (Lipinski definition) is 3. The first kappa shape index (κ1) is 112. The molecule has 0 aliphatic heterocycles. The summed E-state index contributed by atoms with van der Waals surface area (Å²) < 4.78 is 18.5. The molecule has 6 aromatic carbocycles. The second-order valence-electron chi connectivity index (χ2n) is 39.8. The van der Waals surface area contributed by atoms with Gasteiger partial charge in [-0.15, -0.1) is 0 Å². The normalized spacial score (nSPS) is 14.6. The largest absolute Gasteiger partial charge is 0.443 e. The number of rotatable bonds is 21. The molecule has 2 aliphatic carbocycles. The number of carbonyl (C=O) groups is 2. The van der Waals surface area contributed by atoms with E-state index in [-0.39, 0.29) is 60.5 Å². The molecule has 17 aromatic rings. The van der Waals surface area contributed by atoms with Gasteiger partial charge in [0.05, 0.1) is 69.7 Å². The van der Waals surface area contributed by atoms with Crippen molar-refractivity contribution < 1.29 is 33.8 Å². The zero-order valence-corrected chi connectivity index (χ0v) is 91.8. The number of pyridine rings is 3. The molecule has 4 N–H and O–H groups in total. The lowest BCUT2D eigenvalue weighted by molar-refractivity contribution is -0.384. The molecule has 148 heavy (non-hydrogen) atoms. The highest BCUT2D eigenvalue weighted by Crippen LogP contribution is 2.41. The number of non-ortho nitro benzene ring substituents is 3. The van der Waals surface area contributed by atoms with E-state index in [4.69, 9.17) is 76.7 Å². The number of nitro groups is 3. The van der Waals surface area contributed by atoms with Gasteiger partial charge in [-0.2, -0.15) is 33.9 Å². The van der Waals surface area contributed by atoms with Crippen LogP contribution in [0, 0.1) is 42.2 Å². The van der Waals surface area contributed by atoms with E-state index in [2.05, 4.69) is 143 Å². The number of nitrogens with zero attached hydrogens (tertiary/aromatic N) is 20.